The molecule has 0 aliphatic carbocycles. The Morgan fingerprint density at radius 1 is 1.18 bits per heavy atom. The second kappa shape index (κ2) is 5.93. The van der Waals surface area contributed by atoms with Crippen LogP contribution in [0.4, 0.5) is 5.82 Å². The molecule has 0 radical (unpaired) electrons. The average molecular weight is 236 g/mol. The topological polar surface area (TPSA) is 52.5 Å². The van der Waals surface area contributed by atoms with Gasteiger partial charge in [0, 0.05) is 26.2 Å². The van der Waals surface area contributed by atoms with Crippen molar-refractivity contribution in [2.75, 3.05) is 44.2 Å². The summed E-state index contributed by atoms with van der Waals surface area (Å²) in [6.45, 7) is 6.96. The van der Waals surface area contributed by atoms with Crippen molar-refractivity contribution >= 4 is 5.82 Å². The van der Waals surface area contributed by atoms with E-state index in [-0.39, 0.29) is 6.61 Å². The Labute approximate surface area is 102 Å². The Kier molecular flexibility index (Phi) is 4.28. The Balaban J connectivity index is 1.96. The van der Waals surface area contributed by atoms with Crippen molar-refractivity contribution in [1.29, 1.82) is 0 Å². The van der Waals surface area contributed by atoms with Crippen molar-refractivity contribution in [2.45, 2.75) is 13.3 Å². The van der Waals surface area contributed by atoms with Crippen LogP contribution in [0.2, 0.25) is 0 Å². The Bertz CT molecular complexity index is 341. The van der Waals surface area contributed by atoms with Crippen molar-refractivity contribution in [1.82, 2.24) is 15.1 Å². The van der Waals surface area contributed by atoms with Gasteiger partial charge in [-0.2, -0.15) is 5.10 Å². The van der Waals surface area contributed by atoms with Gasteiger partial charge in [0.25, 0.3) is 0 Å². The lowest BCUT2D eigenvalue weighted by atomic mass is 10.3. The van der Waals surface area contributed by atoms with Crippen LogP contribution in [0.15, 0.2) is 12.1 Å². The third kappa shape index (κ3) is 3.38. The summed E-state index contributed by atoms with van der Waals surface area (Å²) >= 11 is 0. The standard InChI is InChI=1S/C12H20N4O/c1-11-3-4-12(14-13-11)16-6-2-5-15(7-8-16)9-10-17/h3-4,17H,2,5-10H2,1H3. The molecule has 17 heavy (non-hydrogen) atoms. The van der Waals surface area contributed by atoms with Gasteiger partial charge in [0.05, 0.1) is 12.3 Å². The zero-order valence-corrected chi connectivity index (χ0v) is 10.3. The van der Waals surface area contributed by atoms with Gasteiger partial charge in [-0.25, -0.2) is 0 Å². The van der Waals surface area contributed by atoms with Gasteiger partial charge in [-0.1, -0.05) is 0 Å². The van der Waals surface area contributed by atoms with Crippen LogP contribution in [0.3, 0.4) is 0 Å². The molecule has 5 heteroatoms. The summed E-state index contributed by atoms with van der Waals surface area (Å²) in [5, 5.41) is 17.3. The van der Waals surface area contributed by atoms with Crippen LogP contribution in [0.25, 0.3) is 0 Å². The van der Waals surface area contributed by atoms with Gasteiger partial charge in [0.2, 0.25) is 0 Å². The minimum atomic E-state index is 0.240. The highest BCUT2D eigenvalue weighted by atomic mass is 16.3. The van der Waals surface area contributed by atoms with Gasteiger partial charge in [-0.05, 0) is 32.0 Å². The molecule has 0 atom stereocenters. The van der Waals surface area contributed by atoms with Crippen LogP contribution in [-0.4, -0.2) is 59.5 Å². The fraction of sp³-hybridized carbons (Fsp3) is 0.667. The highest BCUT2D eigenvalue weighted by Crippen LogP contribution is 2.12. The van der Waals surface area contributed by atoms with Crippen LogP contribution in [-0.2, 0) is 0 Å². The number of aliphatic hydroxyl groups is 1. The number of nitrogens with zero attached hydrogens (tertiary/aromatic N) is 4. The molecule has 0 amide bonds. The maximum absolute atomic E-state index is 8.95. The largest absolute Gasteiger partial charge is 0.395 e. The normalized spacial score (nSPS) is 18.1. The zero-order chi connectivity index (χ0) is 12.1. The number of aliphatic hydroxyl groups excluding tert-OH is 1. The molecule has 1 saturated heterocycles. The van der Waals surface area contributed by atoms with Crippen molar-refractivity contribution in [3.63, 3.8) is 0 Å². The van der Waals surface area contributed by atoms with E-state index in [1.165, 1.54) is 0 Å². The van der Waals surface area contributed by atoms with E-state index in [0.717, 1.165) is 50.7 Å². The number of aryl methyl sites for hydroxylation is 1. The summed E-state index contributed by atoms with van der Waals surface area (Å²) in [6, 6.07) is 4.03. The molecule has 1 aromatic heterocycles. The maximum atomic E-state index is 8.95. The van der Waals surface area contributed by atoms with E-state index in [4.69, 9.17) is 5.11 Å². The molecule has 1 aliphatic heterocycles. The van der Waals surface area contributed by atoms with E-state index in [9.17, 15) is 0 Å². The van der Waals surface area contributed by atoms with E-state index in [1.54, 1.807) is 0 Å². The third-order valence-electron chi connectivity index (χ3n) is 3.11. The Hall–Kier alpha value is -1.20. The predicted molar refractivity (Wildman–Crippen MR) is 67.1 cm³/mol. The minimum Gasteiger partial charge on any atom is -0.395 e. The molecule has 1 aromatic rings. The Morgan fingerprint density at radius 2 is 2.06 bits per heavy atom. The van der Waals surface area contributed by atoms with E-state index in [2.05, 4.69) is 20.0 Å². The van der Waals surface area contributed by atoms with Gasteiger partial charge < -0.3 is 10.0 Å². The Morgan fingerprint density at radius 3 is 2.76 bits per heavy atom. The summed E-state index contributed by atoms with van der Waals surface area (Å²) in [5.41, 5.74) is 0.950. The number of β-amino-alcohol motifs (C(OH)–C–C–N with tert-alkyl or cyclic N) is 1. The first kappa shape index (κ1) is 12.3. The van der Waals surface area contributed by atoms with Gasteiger partial charge in [0.1, 0.15) is 0 Å². The van der Waals surface area contributed by atoms with Crippen LogP contribution in [0, 0.1) is 6.92 Å². The first-order valence-corrected chi connectivity index (χ1v) is 6.18. The second-order valence-electron chi connectivity index (χ2n) is 4.44. The smallest absolute Gasteiger partial charge is 0.151 e. The lowest BCUT2D eigenvalue weighted by Crippen LogP contribution is -2.32. The highest BCUT2D eigenvalue weighted by molar-refractivity contribution is 5.37. The third-order valence-corrected chi connectivity index (χ3v) is 3.11. The molecule has 1 aliphatic rings. The monoisotopic (exact) mass is 236 g/mol. The number of anilines is 1. The van der Waals surface area contributed by atoms with Gasteiger partial charge >= 0.3 is 0 Å². The highest BCUT2D eigenvalue weighted by Gasteiger charge is 2.15. The van der Waals surface area contributed by atoms with Crippen LogP contribution in [0.5, 0.6) is 0 Å². The van der Waals surface area contributed by atoms with Crippen LogP contribution in [0.1, 0.15) is 12.1 Å². The first-order valence-electron chi connectivity index (χ1n) is 6.18. The maximum Gasteiger partial charge on any atom is 0.151 e. The minimum absolute atomic E-state index is 0.240. The molecule has 1 fully saturated rings. The summed E-state index contributed by atoms with van der Waals surface area (Å²) in [5.74, 6) is 0.960. The summed E-state index contributed by atoms with van der Waals surface area (Å²) in [7, 11) is 0. The van der Waals surface area contributed by atoms with E-state index in [1.807, 2.05) is 19.1 Å². The van der Waals surface area contributed by atoms with Crippen molar-refractivity contribution in [3.8, 4) is 0 Å². The van der Waals surface area contributed by atoms with Gasteiger partial charge in [0.15, 0.2) is 5.82 Å². The van der Waals surface area contributed by atoms with Crippen LogP contribution >= 0.6 is 0 Å². The number of aromatic nitrogens is 2. The molecule has 2 rings (SSSR count). The van der Waals surface area contributed by atoms with Crippen LogP contribution < -0.4 is 4.90 Å². The SMILES string of the molecule is Cc1ccc(N2CCCN(CCO)CC2)nn1. The van der Waals surface area contributed by atoms with E-state index < -0.39 is 0 Å². The average Bonchev–Trinajstić information content (AvgIpc) is 2.56. The number of hydrogen-bond acceptors (Lipinski definition) is 5. The van der Waals surface area contributed by atoms with Gasteiger partial charge in [-0.15, -0.1) is 5.10 Å². The molecule has 0 aromatic carbocycles. The fourth-order valence-corrected chi connectivity index (χ4v) is 2.13. The van der Waals surface area contributed by atoms with Gasteiger partial charge in [-0.3, -0.25) is 4.90 Å². The molecule has 0 unspecified atom stereocenters. The number of rotatable bonds is 3. The molecule has 94 valence electrons. The molecule has 0 bridgehead atoms. The van der Waals surface area contributed by atoms with Crippen molar-refractivity contribution in [2.24, 2.45) is 0 Å². The zero-order valence-electron chi connectivity index (χ0n) is 10.3. The molecule has 0 spiro atoms. The molecule has 5 nitrogen and oxygen atoms in total. The summed E-state index contributed by atoms with van der Waals surface area (Å²) < 4.78 is 0. The molecule has 2 heterocycles. The molecular weight excluding hydrogens is 216 g/mol. The van der Waals surface area contributed by atoms with E-state index >= 15 is 0 Å². The quantitative estimate of drug-likeness (QED) is 0.817. The molecule has 1 N–H and O–H groups in total. The van der Waals surface area contributed by atoms with Crippen molar-refractivity contribution < 1.29 is 5.11 Å². The summed E-state index contributed by atoms with van der Waals surface area (Å²) in [6.07, 6.45) is 1.11. The van der Waals surface area contributed by atoms with Crippen molar-refractivity contribution in [3.05, 3.63) is 17.8 Å². The van der Waals surface area contributed by atoms with E-state index in [0.29, 0.717) is 0 Å². The number of hydrogen-bond donors (Lipinski definition) is 1. The summed E-state index contributed by atoms with van der Waals surface area (Å²) in [4.78, 5) is 4.56. The predicted octanol–water partition coefficient (Wildman–Crippen LogP) is 0.289. The molecular formula is C12H20N4O. The lowest BCUT2D eigenvalue weighted by Gasteiger charge is -2.21. The lowest BCUT2D eigenvalue weighted by molar-refractivity contribution is 0.204. The second-order valence-corrected chi connectivity index (χ2v) is 4.44. The molecule has 0 saturated carbocycles. The first-order chi connectivity index (χ1) is 8.29. The fourth-order valence-electron chi connectivity index (χ4n) is 2.13.